The van der Waals surface area contributed by atoms with E-state index >= 15 is 4.57 Å². The molecule has 0 fully saturated rings. The Morgan fingerprint density at radius 3 is 1.64 bits per heavy atom. The van der Waals surface area contributed by atoms with E-state index < -0.39 is 7.14 Å². The van der Waals surface area contributed by atoms with Crippen molar-refractivity contribution >= 4 is 44.6 Å². The van der Waals surface area contributed by atoms with Gasteiger partial charge in [0.05, 0.1) is 0 Å². The van der Waals surface area contributed by atoms with E-state index in [0.29, 0.717) is 27.6 Å². The lowest BCUT2D eigenvalue weighted by atomic mass is 9.89. The molecular weight excluding hydrogens is 535 g/mol. The van der Waals surface area contributed by atoms with E-state index in [1.807, 2.05) is 146 Å². The van der Waals surface area contributed by atoms with Crippen molar-refractivity contribution in [2.75, 3.05) is 0 Å². The highest BCUT2D eigenvalue weighted by Crippen LogP contribution is 2.51. The van der Waals surface area contributed by atoms with E-state index in [9.17, 15) is 10.2 Å². The Morgan fingerprint density at radius 1 is 0.452 bits per heavy atom. The monoisotopic (exact) mass is 562 g/mol. The zero-order valence-corrected chi connectivity index (χ0v) is 23.6. The van der Waals surface area contributed by atoms with Gasteiger partial charge in [0.25, 0.3) is 0 Å². The second-order valence-electron chi connectivity index (χ2n) is 10.3. The molecule has 3 nitrogen and oxygen atoms in total. The van der Waals surface area contributed by atoms with Gasteiger partial charge in [0, 0.05) is 32.6 Å². The molecule has 0 saturated carbocycles. The Hall–Kier alpha value is -5.11. The van der Waals surface area contributed by atoms with Gasteiger partial charge in [0.2, 0.25) is 0 Å². The lowest BCUT2D eigenvalue weighted by Crippen LogP contribution is -2.26. The van der Waals surface area contributed by atoms with Crippen molar-refractivity contribution in [3.8, 4) is 33.8 Å². The lowest BCUT2D eigenvalue weighted by molar-refractivity contribution is 0.471. The van der Waals surface area contributed by atoms with E-state index in [-0.39, 0.29) is 11.5 Å². The van der Waals surface area contributed by atoms with Crippen LogP contribution >= 0.6 is 7.14 Å². The normalized spacial score (nSPS) is 11.6. The number of phenols is 2. The minimum atomic E-state index is -3.36. The van der Waals surface area contributed by atoms with Crippen LogP contribution in [0.1, 0.15) is 0 Å². The van der Waals surface area contributed by atoms with Crippen LogP contribution in [0.2, 0.25) is 0 Å². The number of aromatic hydroxyl groups is 2. The first-order valence-electron chi connectivity index (χ1n) is 13.8. The first kappa shape index (κ1) is 25.8. The van der Waals surface area contributed by atoms with E-state index in [1.165, 1.54) is 0 Å². The Kier molecular flexibility index (Phi) is 6.38. The molecular formula is C38H27O3P. The Balaban J connectivity index is 1.58. The zero-order chi connectivity index (χ0) is 28.7. The van der Waals surface area contributed by atoms with Gasteiger partial charge in [-0.1, -0.05) is 140 Å². The fourth-order valence-electron chi connectivity index (χ4n) is 6.00. The van der Waals surface area contributed by atoms with Crippen LogP contribution in [0, 0.1) is 0 Å². The maximum absolute atomic E-state index is 15.4. The summed E-state index contributed by atoms with van der Waals surface area (Å²) in [5, 5.41) is 29.0. The molecule has 42 heavy (non-hydrogen) atoms. The first-order valence-corrected chi connectivity index (χ1v) is 15.5. The summed E-state index contributed by atoms with van der Waals surface area (Å²) in [5.74, 6) is 0.110. The highest BCUT2D eigenvalue weighted by Gasteiger charge is 2.33. The summed E-state index contributed by atoms with van der Waals surface area (Å²) in [6, 6.07) is 47.9. The van der Waals surface area contributed by atoms with Crippen LogP contribution in [0.15, 0.2) is 152 Å². The van der Waals surface area contributed by atoms with E-state index in [2.05, 4.69) is 0 Å². The van der Waals surface area contributed by atoms with E-state index in [4.69, 9.17) is 0 Å². The zero-order valence-electron chi connectivity index (χ0n) is 22.7. The van der Waals surface area contributed by atoms with Crippen LogP contribution in [0.5, 0.6) is 11.5 Å². The standard InChI is InChI=1S/C38H27O3P/c39-34-24-23-26-13-7-9-19-30(26)36(34)37-31-20-10-8-14-27(31)25-33(38(37)40)32-21-11-12-22-35(32)42(41,28-15-3-1-4-16-28)29-17-5-2-6-18-29/h1-25,39-40H. The van der Waals surface area contributed by atoms with Gasteiger partial charge in [-0.3, -0.25) is 0 Å². The van der Waals surface area contributed by atoms with Crippen LogP contribution in [0.3, 0.4) is 0 Å². The number of benzene rings is 7. The molecule has 202 valence electrons. The largest absolute Gasteiger partial charge is 0.507 e. The van der Waals surface area contributed by atoms with Gasteiger partial charge in [-0.25, -0.2) is 0 Å². The molecule has 0 aromatic heterocycles. The molecule has 7 rings (SSSR count). The number of hydrogen-bond donors (Lipinski definition) is 2. The maximum Gasteiger partial charge on any atom is 0.171 e. The molecule has 0 aliphatic carbocycles. The Morgan fingerprint density at radius 2 is 0.976 bits per heavy atom. The van der Waals surface area contributed by atoms with E-state index in [0.717, 1.165) is 32.2 Å². The van der Waals surface area contributed by atoms with Crippen molar-refractivity contribution in [2.24, 2.45) is 0 Å². The smallest absolute Gasteiger partial charge is 0.171 e. The number of fused-ring (bicyclic) bond motifs is 2. The minimum absolute atomic E-state index is 0.0282. The molecule has 0 aliphatic rings. The molecule has 4 heteroatoms. The molecule has 0 amide bonds. The molecule has 0 spiro atoms. The molecule has 0 atom stereocenters. The third-order valence-corrected chi connectivity index (χ3v) is 11.1. The fourth-order valence-corrected chi connectivity index (χ4v) is 8.87. The van der Waals surface area contributed by atoms with Crippen molar-refractivity contribution < 1.29 is 14.8 Å². The SMILES string of the molecule is O=P(c1ccccc1)(c1ccccc1)c1ccccc1-c1cc2ccccc2c(-c2c(O)ccc3ccccc23)c1O. The predicted molar refractivity (Wildman–Crippen MR) is 175 cm³/mol. The van der Waals surface area contributed by atoms with Crippen molar-refractivity contribution in [2.45, 2.75) is 0 Å². The molecule has 0 aliphatic heterocycles. The fraction of sp³-hybridized carbons (Fsp3) is 0. The number of phenolic OH excluding ortho intramolecular Hbond substituents is 2. The molecule has 0 heterocycles. The minimum Gasteiger partial charge on any atom is -0.507 e. The molecule has 0 bridgehead atoms. The highest BCUT2D eigenvalue weighted by atomic mass is 31.2. The Bertz CT molecular complexity index is 2090. The summed E-state index contributed by atoms with van der Waals surface area (Å²) >= 11 is 0. The van der Waals surface area contributed by atoms with Crippen molar-refractivity contribution in [3.05, 3.63) is 152 Å². The summed E-state index contributed by atoms with van der Waals surface area (Å²) in [6.45, 7) is 0. The lowest BCUT2D eigenvalue weighted by Gasteiger charge is -2.24. The average Bonchev–Trinajstić information content (AvgIpc) is 3.05. The molecule has 0 saturated heterocycles. The molecule has 0 unspecified atom stereocenters. The predicted octanol–water partition coefficient (Wildman–Crippen LogP) is 8.38. The second kappa shape index (κ2) is 10.4. The maximum atomic E-state index is 15.4. The van der Waals surface area contributed by atoms with Crippen LogP contribution in [-0.2, 0) is 4.57 Å². The summed E-state index contributed by atoms with van der Waals surface area (Å²) in [7, 11) is -3.36. The van der Waals surface area contributed by atoms with Gasteiger partial charge >= 0.3 is 0 Å². The van der Waals surface area contributed by atoms with E-state index in [1.54, 1.807) is 6.07 Å². The third-order valence-electron chi connectivity index (χ3n) is 7.95. The van der Waals surface area contributed by atoms with Gasteiger partial charge in [0.1, 0.15) is 11.5 Å². The molecule has 2 N–H and O–H groups in total. The second-order valence-corrected chi connectivity index (χ2v) is 13.1. The highest BCUT2D eigenvalue weighted by molar-refractivity contribution is 7.85. The topological polar surface area (TPSA) is 57.5 Å². The Labute approximate surface area is 244 Å². The van der Waals surface area contributed by atoms with Crippen LogP contribution in [0.25, 0.3) is 43.8 Å². The molecule has 0 radical (unpaired) electrons. The number of rotatable bonds is 5. The summed E-state index contributed by atoms with van der Waals surface area (Å²) in [5.41, 5.74) is 2.34. The van der Waals surface area contributed by atoms with Crippen LogP contribution in [-0.4, -0.2) is 10.2 Å². The van der Waals surface area contributed by atoms with Gasteiger partial charge in [-0.2, -0.15) is 0 Å². The van der Waals surface area contributed by atoms with Gasteiger partial charge in [-0.05, 0) is 39.2 Å². The summed E-state index contributed by atoms with van der Waals surface area (Å²) in [4.78, 5) is 0. The number of hydrogen-bond acceptors (Lipinski definition) is 3. The molecule has 7 aromatic rings. The van der Waals surface area contributed by atoms with Gasteiger partial charge in [0.15, 0.2) is 7.14 Å². The quantitative estimate of drug-likeness (QED) is 0.207. The van der Waals surface area contributed by atoms with Gasteiger partial charge < -0.3 is 14.8 Å². The van der Waals surface area contributed by atoms with Crippen molar-refractivity contribution in [1.29, 1.82) is 0 Å². The van der Waals surface area contributed by atoms with Crippen molar-refractivity contribution in [1.82, 2.24) is 0 Å². The van der Waals surface area contributed by atoms with Crippen LogP contribution in [0.4, 0.5) is 0 Å². The third kappa shape index (κ3) is 4.10. The summed E-state index contributed by atoms with van der Waals surface area (Å²) < 4.78 is 15.4. The first-order chi connectivity index (χ1) is 20.6. The molecule has 7 aromatic carbocycles. The van der Waals surface area contributed by atoms with Gasteiger partial charge in [-0.15, -0.1) is 0 Å². The van der Waals surface area contributed by atoms with Crippen molar-refractivity contribution in [3.63, 3.8) is 0 Å². The summed E-state index contributed by atoms with van der Waals surface area (Å²) in [6.07, 6.45) is 0. The average molecular weight is 563 g/mol. The van der Waals surface area contributed by atoms with Crippen LogP contribution < -0.4 is 15.9 Å².